The summed E-state index contributed by atoms with van der Waals surface area (Å²) < 4.78 is 4.93. The highest BCUT2D eigenvalue weighted by atomic mass is 16.5. The van der Waals surface area contributed by atoms with E-state index in [4.69, 9.17) is 4.74 Å². The molecule has 0 unspecified atom stereocenters. The van der Waals surface area contributed by atoms with Crippen molar-refractivity contribution in [1.29, 1.82) is 0 Å². The van der Waals surface area contributed by atoms with Crippen molar-refractivity contribution in [1.82, 2.24) is 9.80 Å². The Kier molecular flexibility index (Phi) is 4.90. The van der Waals surface area contributed by atoms with Gasteiger partial charge in [-0.25, -0.2) is 0 Å². The largest absolute Gasteiger partial charge is 0.375 e. The Labute approximate surface area is 143 Å². The molecular weight excluding hydrogens is 304 g/mol. The lowest BCUT2D eigenvalue weighted by Gasteiger charge is -2.37. The van der Waals surface area contributed by atoms with E-state index in [1.165, 1.54) is 12.7 Å². The molecule has 2 saturated heterocycles. The molecule has 2 aliphatic heterocycles. The van der Waals surface area contributed by atoms with Crippen molar-refractivity contribution in [2.45, 2.75) is 31.7 Å². The maximum atomic E-state index is 12.9. The van der Waals surface area contributed by atoms with Crippen molar-refractivity contribution >= 4 is 11.8 Å². The fourth-order valence-corrected chi connectivity index (χ4v) is 4.13. The molecular formula is C19H26N2O3. The van der Waals surface area contributed by atoms with Gasteiger partial charge in [-0.15, -0.1) is 0 Å². The maximum Gasteiger partial charge on any atom is 0.248 e. The van der Waals surface area contributed by atoms with E-state index in [1.807, 2.05) is 35.0 Å². The molecule has 0 bridgehead atoms. The number of hydrogen-bond donors (Lipinski definition) is 0. The number of piperidine rings is 1. The van der Waals surface area contributed by atoms with E-state index in [9.17, 15) is 9.59 Å². The number of rotatable bonds is 4. The predicted molar refractivity (Wildman–Crippen MR) is 91.4 cm³/mol. The van der Waals surface area contributed by atoms with Crippen LogP contribution in [0.25, 0.3) is 0 Å². The van der Waals surface area contributed by atoms with Gasteiger partial charge < -0.3 is 14.5 Å². The van der Waals surface area contributed by atoms with Crippen molar-refractivity contribution in [3.05, 3.63) is 35.9 Å². The monoisotopic (exact) mass is 330 g/mol. The molecule has 1 spiro atoms. The van der Waals surface area contributed by atoms with Crippen molar-refractivity contribution in [2.24, 2.45) is 5.41 Å². The van der Waals surface area contributed by atoms with Crippen LogP contribution in [0.4, 0.5) is 0 Å². The van der Waals surface area contributed by atoms with Gasteiger partial charge in [-0.3, -0.25) is 9.59 Å². The molecule has 5 heteroatoms. The first-order chi connectivity index (χ1) is 11.6. The van der Waals surface area contributed by atoms with Crippen molar-refractivity contribution < 1.29 is 14.3 Å². The summed E-state index contributed by atoms with van der Waals surface area (Å²) in [5, 5.41) is 0. The highest BCUT2D eigenvalue weighted by Gasteiger charge is 2.51. The van der Waals surface area contributed by atoms with Crippen LogP contribution in [0, 0.1) is 5.41 Å². The lowest BCUT2D eigenvalue weighted by atomic mass is 9.75. The summed E-state index contributed by atoms with van der Waals surface area (Å²) in [5.74, 6) is 0.272. The van der Waals surface area contributed by atoms with Crippen molar-refractivity contribution in [2.75, 3.05) is 33.9 Å². The van der Waals surface area contributed by atoms with Gasteiger partial charge >= 0.3 is 0 Å². The second-order valence-electron chi connectivity index (χ2n) is 7.06. The molecule has 3 rings (SSSR count). The first-order valence-electron chi connectivity index (χ1n) is 8.64. The zero-order valence-electron chi connectivity index (χ0n) is 14.5. The number of carbonyl (C=O) groups excluding carboxylic acids is 2. The Hall–Kier alpha value is -1.88. The van der Waals surface area contributed by atoms with Gasteiger partial charge in [0.25, 0.3) is 0 Å². The summed E-state index contributed by atoms with van der Waals surface area (Å²) in [7, 11) is 3.46. The third-order valence-electron chi connectivity index (χ3n) is 5.60. The summed E-state index contributed by atoms with van der Waals surface area (Å²) in [4.78, 5) is 28.6. The van der Waals surface area contributed by atoms with E-state index >= 15 is 0 Å². The fourth-order valence-electron chi connectivity index (χ4n) is 4.13. The molecule has 24 heavy (non-hydrogen) atoms. The smallest absolute Gasteiger partial charge is 0.248 e. The van der Waals surface area contributed by atoms with Crippen LogP contribution in [0.2, 0.25) is 0 Å². The highest BCUT2D eigenvalue weighted by molar-refractivity contribution is 5.86. The average Bonchev–Trinajstić information content (AvgIpc) is 2.82. The zero-order chi connectivity index (χ0) is 17.2. The van der Waals surface area contributed by atoms with Gasteiger partial charge in [0, 0.05) is 33.3 Å². The SMILES string of the molecule is COCC(=O)N1CCC2(CC1)C[C@@H](Cc1ccccc1)N(C)C2=O. The quantitative estimate of drug-likeness (QED) is 0.844. The van der Waals surface area contributed by atoms with Crippen LogP contribution in [-0.4, -0.2) is 61.5 Å². The molecule has 0 N–H and O–H groups in total. The number of likely N-dealkylation sites (tertiary alicyclic amines) is 2. The van der Waals surface area contributed by atoms with E-state index < -0.39 is 0 Å². The minimum absolute atomic E-state index is 0.0204. The third-order valence-corrected chi connectivity index (χ3v) is 5.60. The summed E-state index contributed by atoms with van der Waals surface area (Å²) >= 11 is 0. The average molecular weight is 330 g/mol. The predicted octanol–water partition coefficient (Wildman–Crippen LogP) is 1.71. The van der Waals surface area contributed by atoms with Crippen molar-refractivity contribution in [3.63, 3.8) is 0 Å². The summed E-state index contributed by atoms with van der Waals surface area (Å²) in [6, 6.07) is 10.6. The molecule has 130 valence electrons. The molecule has 0 aliphatic carbocycles. The van der Waals surface area contributed by atoms with Crippen LogP contribution in [0.5, 0.6) is 0 Å². The van der Waals surface area contributed by atoms with E-state index in [2.05, 4.69) is 12.1 Å². The number of carbonyl (C=O) groups is 2. The maximum absolute atomic E-state index is 12.9. The lowest BCUT2D eigenvalue weighted by molar-refractivity contribution is -0.144. The fraction of sp³-hybridized carbons (Fsp3) is 0.579. The van der Waals surface area contributed by atoms with E-state index in [0.29, 0.717) is 13.1 Å². The minimum atomic E-state index is -0.280. The number of nitrogens with zero attached hydrogens (tertiary/aromatic N) is 2. The van der Waals surface area contributed by atoms with Crippen LogP contribution in [0.3, 0.4) is 0 Å². The summed E-state index contributed by atoms with van der Waals surface area (Å²) in [6.07, 6.45) is 3.31. The van der Waals surface area contributed by atoms with E-state index in [1.54, 1.807) is 0 Å². The third kappa shape index (κ3) is 3.18. The van der Waals surface area contributed by atoms with E-state index in [-0.39, 0.29) is 29.9 Å². The highest BCUT2D eigenvalue weighted by Crippen LogP contribution is 2.44. The molecule has 0 saturated carbocycles. The Morgan fingerprint density at radius 2 is 1.92 bits per heavy atom. The Bertz CT molecular complexity index is 594. The van der Waals surface area contributed by atoms with Gasteiger partial charge in [-0.1, -0.05) is 30.3 Å². The van der Waals surface area contributed by atoms with Gasteiger partial charge in [0.15, 0.2) is 0 Å². The van der Waals surface area contributed by atoms with Gasteiger partial charge in [0.2, 0.25) is 11.8 Å². The van der Waals surface area contributed by atoms with Crippen LogP contribution >= 0.6 is 0 Å². The normalized spacial score (nSPS) is 23.1. The Morgan fingerprint density at radius 3 is 2.54 bits per heavy atom. The molecule has 1 atom stereocenters. The van der Waals surface area contributed by atoms with Gasteiger partial charge in [0.05, 0.1) is 5.41 Å². The standard InChI is InChI=1S/C19H26N2O3/c1-20-16(12-15-6-4-3-5-7-15)13-19(18(20)23)8-10-21(11-9-19)17(22)14-24-2/h3-7,16H,8-14H2,1-2H3/t16-/m1/s1. The topological polar surface area (TPSA) is 49.9 Å². The molecule has 1 aromatic rings. The molecule has 2 heterocycles. The lowest BCUT2D eigenvalue weighted by Crippen LogP contribution is -2.47. The van der Waals surface area contributed by atoms with Crippen LogP contribution in [0.1, 0.15) is 24.8 Å². The van der Waals surface area contributed by atoms with Crippen LogP contribution in [0.15, 0.2) is 30.3 Å². The van der Waals surface area contributed by atoms with Gasteiger partial charge in [-0.2, -0.15) is 0 Å². The number of methoxy groups -OCH3 is 1. The van der Waals surface area contributed by atoms with Crippen LogP contribution in [-0.2, 0) is 20.7 Å². The molecule has 1 aromatic carbocycles. The Morgan fingerprint density at radius 1 is 1.25 bits per heavy atom. The van der Waals surface area contributed by atoms with Crippen molar-refractivity contribution in [3.8, 4) is 0 Å². The zero-order valence-corrected chi connectivity index (χ0v) is 14.5. The molecule has 2 fully saturated rings. The molecule has 2 amide bonds. The van der Waals surface area contributed by atoms with E-state index in [0.717, 1.165) is 25.7 Å². The summed E-state index contributed by atoms with van der Waals surface area (Å²) in [6.45, 7) is 1.43. The number of hydrogen-bond acceptors (Lipinski definition) is 3. The number of ether oxygens (including phenoxy) is 1. The number of amides is 2. The molecule has 0 aromatic heterocycles. The second kappa shape index (κ2) is 6.93. The molecule has 5 nitrogen and oxygen atoms in total. The summed E-state index contributed by atoms with van der Waals surface area (Å²) in [5.41, 5.74) is 0.991. The number of benzene rings is 1. The first-order valence-corrected chi connectivity index (χ1v) is 8.64. The van der Waals surface area contributed by atoms with Gasteiger partial charge in [0.1, 0.15) is 6.61 Å². The van der Waals surface area contributed by atoms with Gasteiger partial charge in [-0.05, 0) is 31.2 Å². The molecule has 2 aliphatic rings. The first kappa shape index (κ1) is 17.0. The number of likely N-dealkylation sites (N-methyl/N-ethyl adjacent to an activating group) is 1. The van der Waals surface area contributed by atoms with Crippen LogP contribution < -0.4 is 0 Å². The Balaban J connectivity index is 1.65. The second-order valence-corrected chi connectivity index (χ2v) is 7.06. The molecule has 0 radical (unpaired) electrons. The minimum Gasteiger partial charge on any atom is -0.375 e.